The van der Waals surface area contributed by atoms with Crippen molar-refractivity contribution in [3.8, 4) is 16.9 Å². The van der Waals surface area contributed by atoms with Gasteiger partial charge in [0.25, 0.3) is 11.8 Å². The fourth-order valence-electron chi connectivity index (χ4n) is 5.20. The number of hydrogen-bond donors (Lipinski definition) is 3. The summed E-state index contributed by atoms with van der Waals surface area (Å²) in [6.45, 7) is 0.594. The molecule has 0 radical (unpaired) electrons. The lowest BCUT2D eigenvalue weighted by atomic mass is 9.98. The molecule has 1 aliphatic carbocycles. The Hall–Kier alpha value is -5.02. The van der Waals surface area contributed by atoms with Crippen molar-refractivity contribution in [2.45, 2.75) is 24.8 Å². The van der Waals surface area contributed by atoms with Gasteiger partial charge in [-0.2, -0.15) is 0 Å². The number of nitrogens with one attached hydrogen (secondary N) is 1. The van der Waals surface area contributed by atoms with E-state index in [1.54, 1.807) is 48.7 Å². The number of hydrogen-bond acceptors (Lipinski definition) is 6. The second-order valence-corrected chi connectivity index (χ2v) is 10.4. The van der Waals surface area contributed by atoms with Crippen LogP contribution in [-0.2, 0) is 12.0 Å². The molecule has 9 heteroatoms. The van der Waals surface area contributed by atoms with Gasteiger partial charge in [-0.3, -0.25) is 14.6 Å². The van der Waals surface area contributed by atoms with E-state index in [0.29, 0.717) is 45.7 Å². The number of halogens is 1. The van der Waals surface area contributed by atoms with E-state index in [0.717, 1.165) is 24.1 Å². The summed E-state index contributed by atoms with van der Waals surface area (Å²) in [7, 11) is 0. The molecule has 212 valence electrons. The summed E-state index contributed by atoms with van der Waals surface area (Å²) in [4.78, 5) is 30.5. The van der Waals surface area contributed by atoms with E-state index < -0.39 is 11.4 Å². The second-order valence-electron chi connectivity index (χ2n) is 10.4. The first-order chi connectivity index (χ1) is 20.4. The molecule has 42 heavy (non-hydrogen) atoms. The number of rotatable bonds is 10. The topological polar surface area (TPSA) is 133 Å². The highest BCUT2D eigenvalue weighted by atomic mass is 19.1. The average Bonchev–Trinajstić information content (AvgIpc) is 3.69. The number of furan rings is 1. The van der Waals surface area contributed by atoms with Crippen LogP contribution in [0.1, 0.15) is 50.6 Å². The van der Waals surface area contributed by atoms with Gasteiger partial charge in [0.2, 0.25) is 0 Å². The summed E-state index contributed by atoms with van der Waals surface area (Å²) in [6.07, 6.45) is 3.61. The molecule has 1 fully saturated rings. The van der Waals surface area contributed by atoms with E-state index in [1.807, 2.05) is 24.3 Å². The highest BCUT2D eigenvalue weighted by molar-refractivity contribution is 6.07. The SMILES string of the molecule is NCCOc1ccc(C(=O)NC2(c3ccccn3)CC2)cc1-c1ccc2oc(Cc3ccc(F)cc3)c(C(N)=O)c2c1. The number of fused-ring (bicyclic) bond motifs is 1. The molecule has 5 aromatic rings. The summed E-state index contributed by atoms with van der Waals surface area (Å²) in [5.41, 5.74) is 15.2. The molecular formula is C33H29FN4O4. The van der Waals surface area contributed by atoms with E-state index in [-0.39, 0.29) is 30.3 Å². The molecular weight excluding hydrogens is 535 g/mol. The van der Waals surface area contributed by atoms with Gasteiger partial charge in [-0.25, -0.2) is 4.39 Å². The van der Waals surface area contributed by atoms with E-state index in [4.69, 9.17) is 20.6 Å². The Morgan fingerprint density at radius 2 is 1.83 bits per heavy atom. The van der Waals surface area contributed by atoms with Crippen LogP contribution in [0.15, 0.2) is 89.5 Å². The lowest BCUT2D eigenvalue weighted by Crippen LogP contribution is -2.35. The first-order valence-electron chi connectivity index (χ1n) is 13.7. The number of nitrogens with zero attached hydrogens (tertiary/aromatic N) is 1. The van der Waals surface area contributed by atoms with Gasteiger partial charge in [-0.05, 0) is 78.6 Å². The maximum absolute atomic E-state index is 13.4. The van der Waals surface area contributed by atoms with Crippen LogP contribution in [0, 0.1) is 5.82 Å². The van der Waals surface area contributed by atoms with E-state index in [2.05, 4.69) is 10.3 Å². The van der Waals surface area contributed by atoms with Crippen molar-refractivity contribution in [2.75, 3.05) is 13.2 Å². The van der Waals surface area contributed by atoms with Gasteiger partial charge in [0.1, 0.15) is 29.5 Å². The molecule has 0 unspecified atom stereocenters. The summed E-state index contributed by atoms with van der Waals surface area (Å²) >= 11 is 0. The van der Waals surface area contributed by atoms with Crippen molar-refractivity contribution < 1.29 is 23.1 Å². The average molecular weight is 565 g/mol. The molecule has 0 spiro atoms. The maximum Gasteiger partial charge on any atom is 0.252 e. The number of nitrogens with two attached hydrogens (primary N) is 2. The normalized spacial score (nSPS) is 13.6. The summed E-state index contributed by atoms with van der Waals surface area (Å²) in [6, 6.07) is 22.3. The largest absolute Gasteiger partial charge is 0.492 e. The predicted octanol–water partition coefficient (Wildman–Crippen LogP) is 5.08. The quantitative estimate of drug-likeness (QED) is 0.217. The summed E-state index contributed by atoms with van der Waals surface area (Å²) in [5, 5.41) is 3.69. The lowest BCUT2D eigenvalue weighted by molar-refractivity contribution is 0.0928. The van der Waals surface area contributed by atoms with Gasteiger partial charge < -0.3 is 25.9 Å². The molecule has 1 aliphatic rings. The van der Waals surface area contributed by atoms with Crippen molar-refractivity contribution >= 4 is 22.8 Å². The standard InChI is InChI=1S/C33H29FN4O4/c34-23-8-4-20(5-9-23)17-28-30(31(36)39)25-18-21(6-11-27(25)42-28)24-19-22(7-10-26(24)41-16-14-35)32(40)38-33(12-13-33)29-3-1-2-15-37-29/h1-11,15,18-19H,12-14,16-17,35H2,(H2,36,39)(H,38,40). The van der Waals surface area contributed by atoms with Crippen LogP contribution in [0.4, 0.5) is 4.39 Å². The van der Waals surface area contributed by atoms with Crippen molar-refractivity contribution in [3.05, 3.63) is 119 Å². The number of benzene rings is 3. The Kier molecular flexibility index (Phi) is 7.18. The number of carbonyl (C=O) groups excluding carboxylic acids is 2. The van der Waals surface area contributed by atoms with Crippen LogP contribution < -0.4 is 21.5 Å². The van der Waals surface area contributed by atoms with Crippen LogP contribution in [0.2, 0.25) is 0 Å². The Balaban J connectivity index is 1.37. The van der Waals surface area contributed by atoms with Crippen LogP contribution in [0.5, 0.6) is 5.75 Å². The van der Waals surface area contributed by atoms with Crippen LogP contribution >= 0.6 is 0 Å². The highest BCUT2D eigenvalue weighted by Gasteiger charge is 2.47. The number of carbonyl (C=O) groups is 2. The zero-order valence-electron chi connectivity index (χ0n) is 22.7. The van der Waals surface area contributed by atoms with E-state index >= 15 is 0 Å². The summed E-state index contributed by atoms with van der Waals surface area (Å²) < 4.78 is 25.4. The van der Waals surface area contributed by atoms with Crippen molar-refractivity contribution in [1.82, 2.24) is 10.3 Å². The molecule has 1 saturated carbocycles. The monoisotopic (exact) mass is 564 g/mol. The minimum Gasteiger partial charge on any atom is -0.492 e. The fraction of sp³-hybridized carbons (Fsp3) is 0.182. The Morgan fingerprint density at radius 3 is 2.52 bits per heavy atom. The molecule has 3 aromatic carbocycles. The first-order valence-corrected chi connectivity index (χ1v) is 13.7. The third-order valence-electron chi connectivity index (χ3n) is 7.47. The van der Waals surface area contributed by atoms with Gasteiger partial charge in [-0.1, -0.05) is 24.3 Å². The van der Waals surface area contributed by atoms with E-state index in [9.17, 15) is 14.0 Å². The van der Waals surface area contributed by atoms with Gasteiger partial charge in [-0.15, -0.1) is 0 Å². The van der Waals surface area contributed by atoms with Gasteiger partial charge in [0.05, 0.1) is 16.8 Å². The van der Waals surface area contributed by atoms with Crippen molar-refractivity contribution in [2.24, 2.45) is 11.5 Å². The number of primary amides is 1. The number of aromatic nitrogens is 1. The maximum atomic E-state index is 13.4. The molecule has 8 nitrogen and oxygen atoms in total. The fourth-order valence-corrected chi connectivity index (χ4v) is 5.20. The Morgan fingerprint density at radius 1 is 1.02 bits per heavy atom. The van der Waals surface area contributed by atoms with E-state index in [1.165, 1.54) is 12.1 Å². The Labute approximate surface area is 241 Å². The molecule has 0 saturated heterocycles. The zero-order chi connectivity index (χ0) is 29.3. The molecule has 0 aliphatic heterocycles. The molecule has 6 rings (SSSR count). The van der Waals surface area contributed by atoms with Crippen molar-refractivity contribution in [1.29, 1.82) is 0 Å². The first kappa shape index (κ1) is 27.2. The van der Waals surface area contributed by atoms with Crippen LogP contribution in [0.25, 0.3) is 22.1 Å². The predicted molar refractivity (Wildman–Crippen MR) is 157 cm³/mol. The molecule has 2 amide bonds. The molecule has 2 aromatic heterocycles. The van der Waals surface area contributed by atoms with Crippen LogP contribution in [-0.4, -0.2) is 29.9 Å². The molecule has 2 heterocycles. The number of pyridine rings is 1. The van der Waals surface area contributed by atoms with Gasteiger partial charge in [0.15, 0.2) is 0 Å². The van der Waals surface area contributed by atoms with Gasteiger partial charge in [0, 0.05) is 35.7 Å². The molecule has 5 N–H and O–H groups in total. The number of amides is 2. The number of ether oxygens (including phenoxy) is 1. The highest BCUT2D eigenvalue weighted by Crippen LogP contribution is 2.45. The Bertz CT molecular complexity index is 1780. The van der Waals surface area contributed by atoms with Crippen LogP contribution in [0.3, 0.4) is 0 Å². The third-order valence-corrected chi connectivity index (χ3v) is 7.47. The summed E-state index contributed by atoms with van der Waals surface area (Å²) in [5.74, 6) is -0.291. The van der Waals surface area contributed by atoms with Gasteiger partial charge >= 0.3 is 0 Å². The lowest BCUT2D eigenvalue weighted by Gasteiger charge is -2.18. The molecule has 0 bridgehead atoms. The minimum absolute atomic E-state index is 0.228. The second kappa shape index (κ2) is 11.1. The molecule has 0 atom stereocenters. The zero-order valence-corrected chi connectivity index (χ0v) is 22.7. The smallest absolute Gasteiger partial charge is 0.252 e. The minimum atomic E-state index is -0.639. The van der Waals surface area contributed by atoms with Crippen molar-refractivity contribution in [3.63, 3.8) is 0 Å². The third kappa shape index (κ3) is 5.34.